The molecule has 6 N–H and O–H groups in total. The average Bonchev–Trinajstić information content (AvgIpc) is 3.00. The molecule has 0 bridgehead atoms. The number of carbonyl (C=O) groups excluding carboxylic acids is 4. The Bertz CT molecular complexity index is 1110. The van der Waals surface area contributed by atoms with E-state index in [2.05, 4.69) is 83.6 Å². The number of hydrogen-bond donors (Lipinski definition) is 5. The number of carbonyl (C=O) groups is 4. The Morgan fingerprint density at radius 2 is 0.904 bits per heavy atom. The van der Waals surface area contributed by atoms with Crippen LogP contribution in [0.15, 0.2) is 0 Å². The summed E-state index contributed by atoms with van der Waals surface area (Å²) in [4.78, 5) is 50.3. The molecule has 0 rings (SSSR count). The molecule has 0 aromatic heterocycles. The zero-order valence-electron chi connectivity index (χ0n) is 36.1. The van der Waals surface area contributed by atoms with Gasteiger partial charge in [-0.15, -0.1) is 0 Å². The fourth-order valence-corrected chi connectivity index (χ4v) is 4.92. The number of hydrogen-bond acceptors (Lipinski definition) is 7. The highest BCUT2D eigenvalue weighted by Crippen LogP contribution is 2.31. The Hall–Kier alpha value is -2.24. The van der Waals surface area contributed by atoms with Crippen LogP contribution >= 0.6 is 0 Å². The minimum atomic E-state index is -0.804. The lowest BCUT2D eigenvalue weighted by molar-refractivity contribution is -0.130. The third-order valence-electron chi connectivity index (χ3n) is 9.05. The van der Waals surface area contributed by atoms with Gasteiger partial charge in [0.05, 0.1) is 32.5 Å². The standard InChI is InChI=1S/C41H81N5O6/c1-30(2)16-18-32(47)43-22-37(6,7)26-51-27-38(8,9)23-44-33(48)19-17-31(42)34(49)45-24-39(10,11)28-52-29-40(12,13)25-46-35(50)41(14,15)21-20-36(3,4)5/h30-31H,16-29,42H2,1-15H3,(H,43,47)(H,44,48)(H,45,49)(H,46,50)/t31-/m0/s1. The molecule has 0 saturated carbocycles. The SMILES string of the molecule is CC(C)CCC(=O)NCC(C)(C)COCC(C)(C)CNC(=O)CC[C@H](N)C(=O)NCC(C)(C)COCC(C)(C)CNC(=O)C(C)(C)CCC(C)(C)C. The lowest BCUT2D eigenvalue weighted by Gasteiger charge is -2.32. The quantitative estimate of drug-likeness (QED) is 0.0729. The fraction of sp³-hybridized carbons (Fsp3) is 0.902. The van der Waals surface area contributed by atoms with Gasteiger partial charge in [-0.2, -0.15) is 0 Å². The zero-order valence-corrected chi connectivity index (χ0v) is 36.1. The summed E-state index contributed by atoms with van der Waals surface area (Å²) in [5.41, 5.74) is 4.77. The van der Waals surface area contributed by atoms with E-state index >= 15 is 0 Å². The van der Waals surface area contributed by atoms with Crippen molar-refractivity contribution in [3.05, 3.63) is 0 Å². The molecular weight excluding hydrogens is 658 g/mol. The molecule has 11 heteroatoms. The molecule has 0 fully saturated rings. The number of ether oxygens (including phenoxy) is 2. The molecule has 52 heavy (non-hydrogen) atoms. The number of nitrogens with one attached hydrogen (secondary N) is 4. The van der Waals surface area contributed by atoms with Gasteiger partial charge in [-0.25, -0.2) is 0 Å². The minimum absolute atomic E-state index is 0.0581. The maximum Gasteiger partial charge on any atom is 0.236 e. The first kappa shape index (κ1) is 49.8. The van der Waals surface area contributed by atoms with Crippen molar-refractivity contribution in [3.8, 4) is 0 Å². The van der Waals surface area contributed by atoms with Crippen LogP contribution in [0.25, 0.3) is 0 Å². The van der Waals surface area contributed by atoms with Crippen molar-refractivity contribution in [1.29, 1.82) is 0 Å². The van der Waals surface area contributed by atoms with Crippen LogP contribution in [0.1, 0.15) is 142 Å². The topological polar surface area (TPSA) is 161 Å². The smallest absolute Gasteiger partial charge is 0.236 e. The number of rotatable bonds is 26. The average molecular weight is 740 g/mol. The molecule has 0 aromatic carbocycles. The van der Waals surface area contributed by atoms with Crippen LogP contribution in [-0.4, -0.2) is 82.3 Å². The van der Waals surface area contributed by atoms with Crippen LogP contribution in [-0.2, 0) is 28.7 Å². The van der Waals surface area contributed by atoms with Gasteiger partial charge in [-0.1, -0.05) is 104 Å². The maximum atomic E-state index is 12.9. The van der Waals surface area contributed by atoms with Crippen molar-refractivity contribution in [1.82, 2.24) is 21.3 Å². The van der Waals surface area contributed by atoms with Gasteiger partial charge in [-0.3, -0.25) is 19.2 Å². The van der Waals surface area contributed by atoms with Gasteiger partial charge in [0.2, 0.25) is 23.6 Å². The molecule has 0 unspecified atom stereocenters. The second kappa shape index (κ2) is 21.6. The third kappa shape index (κ3) is 24.9. The molecule has 306 valence electrons. The largest absolute Gasteiger partial charge is 0.380 e. The normalized spacial score (nSPS) is 13.9. The number of amides is 4. The van der Waals surface area contributed by atoms with Gasteiger partial charge in [0.15, 0.2) is 0 Å². The van der Waals surface area contributed by atoms with Crippen molar-refractivity contribution >= 4 is 23.6 Å². The summed E-state index contributed by atoms with van der Waals surface area (Å²) in [5, 5.41) is 12.0. The van der Waals surface area contributed by atoms with Gasteiger partial charge in [0, 0.05) is 66.1 Å². The van der Waals surface area contributed by atoms with Crippen LogP contribution in [0, 0.1) is 38.4 Å². The predicted octanol–water partition coefficient (Wildman–Crippen LogP) is 5.99. The summed E-state index contributed by atoms with van der Waals surface area (Å²) in [7, 11) is 0. The van der Waals surface area contributed by atoms with Crippen molar-refractivity contribution < 1.29 is 28.7 Å². The molecule has 0 aliphatic carbocycles. The van der Waals surface area contributed by atoms with Crippen LogP contribution in [0.3, 0.4) is 0 Å². The molecule has 0 heterocycles. The summed E-state index contributed by atoms with van der Waals surface area (Å²) in [6, 6.07) is -0.804. The highest BCUT2D eigenvalue weighted by Gasteiger charge is 2.31. The zero-order chi connectivity index (χ0) is 40.6. The molecule has 0 aliphatic heterocycles. The molecule has 0 saturated heterocycles. The van der Waals surface area contributed by atoms with E-state index in [1.54, 1.807) is 0 Å². The Balaban J connectivity index is 4.46. The van der Waals surface area contributed by atoms with Crippen molar-refractivity contribution in [2.45, 2.75) is 148 Å². The molecule has 0 spiro atoms. The first-order valence-electron chi connectivity index (χ1n) is 19.5. The van der Waals surface area contributed by atoms with E-state index in [0.717, 1.165) is 19.3 Å². The number of nitrogens with two attached hydrogens (primary N) is 1. The van der Waals surface area contributed by atoms with Gasteiger partial charge in [-0.05, 0) is 37.0 Å². The minimum Gasteiger partial charge on any atom is -0.380 e. The van der Waals surface area contributed by atoms with Crippen LogP contribution in [0.5, 0.6) is 0 Å². The van der Waals surface area contributed by atoms with Gasteiger partial charge in [0.25, 0.3) is 0 Å². The highest BCUT2D eigenvalue weighted by molar-refractivity contribution is 5.83. The summed E-state index contributed by atoms with van der Waals surface area (Å²) >= 11 is 0. The van der Waals surface area contributed by atoms with Crippen molar-refractivity contribution in [2.24, 2.45) is 44.1 Å². The van der Waals surface area contributed by atoms with Gasteiger partial charge < -0.3 is 36.5 Å². The summed E-state index contributed by atoms with van der Waals surface area (Å²) in [6.45, 7) is 34.8. The van der Waals surface area contributed by atoms with Gasteiger partial charge >= 0.3 is 0 Å². The predicted molar refractivity (Wildman–Crippen MR) is 213 cm³/mol. The fourth-order valence-electron chi connectivity index (χ4n) is 4.92. The summed E-state index contributed by atoms with van der Waals surface area (Å²) in [6.07, 6.45) is 3.58. The Kier molecular flexibility index (Phi) is 20.7. The van der Waals surface area contributed by atoms with E-state index in [-0.39, 0.29) is 63.5 Å². The van der Waals surface area contributed by atoms with E-state index in [1.807, 2.05) is 41.5 Å². The van der Waals surface area contributed by atoms with Crippen LogP contribution in [0.2, 0.25) is 0 Å². The van der Waals surface area contributed by atoms with Crippen molar-refractivity contribution in [3.63, 3.8) is 0 Å². The molecule has 0 aliphatic rings. The van der Waals surface area contributed by atoms with Gasteiger partial charge in [0.1, 0.15) is 0 Å². The van der Waals surface area contributed by atoms with Crippen molar-refractivity contribution in [2.75, 3.05) is 52.6 Å². The lowest BCUT2D eigenvalue weighted by atomic mass is 9.79. The molecule has 0 radical (unpaired) electrons. The summed E-state index contributed by atoms with van der Waals surface area (Å²) < 4.78 is 12.1. The summed E-state index contributed by atoms with van der Waals surface area (Å²) in [5.74, 6) is 0.155. The molecule has 4 amide bonds. The van der Waals surface area contributed by atoms with E-state index in [0.29, 0.717) is 64.9 Å². The molecule has 1 atom stereocenters. The highest BCUT2D eigenvalue weighted by atomic mass is 16.5. The van der Waals surface area contributed by atoms with E-state index in [4.69, 9.17) is 15.2 Å². The third-order valence-corrected chi connectivity index (χ3v) is 9.05. The Labute approximate surface area is 318 Å². The second-order valence-corrected chi connectivity index (χ2v) is 20.6. The molecule has 11 nitrogen and oxygen atoms in total. The van der Waals surface area contributed by atoms with Crippen LogP contribution in [0.4, 0.5) is 0 Å². The maximum absolute atomic E-state index is 12.9. The monoisotopic (exact) mass is 740 g/mol. The molecule has 0 aromatic rings. The Morgan fingerprint density at radius 1 is 0.538 bits per heavy atom. The first-order valence-corrected chi connectivity index (χ1v) is 19.5. The molecular formula is C41H81N5O6. The lowest BCUT2D eigenvalue weighted by Crippen LogP contribution is -2.46. The first-order chi connectivity index (χ1) is 23.5. The van der Waals surface area contributed by atoms with E-state index < -0.39 is 11.5 Å². The Morgan fingerprint density at radius 3 is 1.29 bits per heavy atom. The van der Waals surface area contributed by atoms with Crippen LogP contribution < -0.4 is 27.0 Å². The van der Waals surface area contributed by atoms with E-state index in [9.17, 15) is 19.2 Å². The second-order valence-electron chi connectivity index (χ2n) is 20.6. The van der Waals surface area contributed by atoms with E-state index in [1.165, 1.54) is 0 Å².